The van der Waals surface area contributed by atoms with Gasteiger partial charge in [0, 0.05) is 31.9 Å². The molecule has 2 aliphatic rings. The van der Waals surface area contributed by atoms with E-state index in [0.29, 0.717) is 0 Å². The Kier molecular flexibility index (Phi) is 3.94. The number of aliphatic hydroxyl groups excluding tert-OH is 1. The molecule has 2 heterocycles. The molecule has 3 rings (SSSR count). The van der Waals surface area contributed by atoms with E-state index in [9.17, 15) is 13.5 Å². The molecule has 2 atom stereocenters. The molecule has 2 fully saturated rings. The largest absolute Gasteiger partial charge is 0.390 e. The Morgan fingerprint density at radius 3 is 2.43 bits per heavy atom. The number of anilines is 1. The summed E-state index contributed by atoms with van der Waals surface area (Å²) in [6.07, 6.45) is -0.736. The van der Waals surface area contributed by atoms with Gasteiger partial charge in [0.1, 0.15) is 0 Å². The van der Waals surface area contributed by atoms with Crippen molar-refractivity contribution in [3.05, 3.63) is 29.8 Å². The molecule has 0 aromatic heterocycles. The average Bonchev–Trinajstić information content (AvgIpc) is 2.72. The lowest BCUT2D eigenvalue weighted by Gasteiger charge is -2.39. The maximum atomic E-state index is 11.6. The number of piperazine rings is 1. The quantitative estimate of drug-likeness (QED) is 0.850. The monoisotopic (exact) mass is 310 g/mol. The van der Waals surface area contributed by atoms with Crippen molar-refractivity contribution in [2.24, 2.45) is 0 Å². The third-order valence-electron chi connectivity index (χ3n) is 4.44. The smallest absolute Gasteiger partial charge is 0.154 e. The van der Waals surface area contributed by atoms with E-state index in [1.54, 1.807) is 0 Å². The van der Waals surface area contributed by atoms with Crippen molar-refractivity contribution in [2.75, 3.05) is 42.6 Å². The van der Waals surface area contributed by atoms with Crippen molar-refractivity contribution < 1.29 is 13.5 Å². The van der Waals surface area contributed by atoms with Gasteiger partial charge in [0.2, 0.25) is 0 Å². The lowest BCUT2D eigenvalue weighted by molar-refractivity contribution is 0.0793. The van der Waals surface area contributed by atoms with Crippen LogP contribution < -0.4 is 4.90 Å². The fraction of sp³-hybridized carbons (Fsp3) is 0.600. The summed E-state index contributed by atoms with van der Waals surface area (Å²) in [6.45, 7) is 5.41. The lowest BCUT2D eigenvalue weighted by Crippen LogP contribution is -2.53. The van der Waals surface area contributed by atoms with Gasteiger partial charge >= 0.3 is 0 Å². The molecule has 0 spiro atoms. The molecular formula is C15H22N2O3S. The first-order valence-electron chi connectivity index (χ1n) is 7.39. The molecule has 0 unspecified atom stereocenters. The van der Waals surface area contributed by atoms with Gasteiger partial charge in [-0.05, 0) is 24.6 Å². The number of benzene rings is 1. The number of sulfone groups is 1. The van der Waals surface area contributed by atoms with Gasteiger partial charge in [0.05, 0.1) is 23.7 Å². The summed E-state index contributed by atoms with van der Waals surface area (Å²) in [5, 5.41) is 9.96. The van der Waals surface area contributed by atoms with E-state index in [-0.39, 0.29) is 17.5 Å². The highest BCUT2D eigenvalue weighted by Crippen LogP contribution is 2.22. The number of aliphatic hydroxyl groups is 1. The van der Waals surface area contributed by atoms with Gasteiger partial charge < -0.3 is 10.0 Å². The van der Waals surface area contributed by atoms with E-state index in [1.807, 2.05) is 0 Å². The summed E-state index contributed by atoms with van der Waals surface area (Å²) >= 11 is 0. The highest BCUT2D eigenvalue weighted by molar-refractivity contribution is 7.91. The fourth-order valence-corrected chi connectivity index (χ4v) is 5.13. The van der Waals surface area contributed by atoms with Gasteiger partial charge in [0.25, 0.3) is 0 Å². The SMILES string of the molecule is Cc1cccc(N2CCN([C@H]3CS(=O)(=O)C[C@@H]3O)CC2)c1. The standard InChI is InChI=1S/C15H22N2O3S/c1-12-3-2-4-13(9-12)16-5-7-17(8-6-16)14-10-21(19,20)11-15(14)18/h2-4,9,14-15,18H,5-8,10-11H2,1H3/t14-,15-/m0/s1. The molecule has 0 amide bonds. The first-order chi connectivity index (χ1) is 9.94. The van der Waals surface area contributed by atoms with Crippen LogP contribution in [0.3, 0.4) is 0 Å². The second-order valence-corrected chi connectivity index (χ2v) is 8.23. The summed E-state index contributed by atoms with van der Waals surface area (Å²) in [7, 11) is -3.07. The van der Waals surface area contributed by atoms with Crippen LogP contribution in [0, 0.1) is 6.92 Å². The molecule has 2 saturated heterocycles. The van der Waals surface area contributed by atoms with E-state index in [4.69, 9.17) is 0 Å². The summed E-state index contributed by atoms with van der Waals surface area (Å²) in [4.78, 5) is 4.45. The Bertz CT molecular complexity index is 609. The minimum Gasteiger partial charge on any atom is -0.390 e. The van der Waals surface area contributed by atoms with Crippen LogP contribution in [0.1, 0.15) is 5.56 Å². The first-order valence-corrected chi connectivity index (χ1v) is 9.21. The molecule has 2 aliphatic heterocycles. The predicted octanol–water partition coefficient (Wildman–Crippen LogP) is 0.275. The molecule has 1 N–H and O–H groups in total. The Hall–Kier alpha value is -1.11. The number of rotatable bonds is 2. The van der Waals surface area contributed by atoms with Crippen LogP contribution in [0.5, 0.6) is 0 Å². The Morgan fingerprint density at radius 1 is 1.14 bits per heavy atom. The maximum absolute atomic E-state index is 11.6. The van der Waals surface area contributed by atoms with E-state index in [0.717, 1.165) is 26.2 Å². The zero-order valence-electron chi connectivity index (χ0n) is 12.3. The number of nitrogens with zero attached hydrogens (tertiary/aromatic N) is 2. The topological polar surface area (TPSA) is 60.9 Å². The van der Waals surface area contributed by atoms with Crippen molar-refractivity contribution in [1.82, 2.24) is 4.90 Å². The molecule has 0 saturated carbocycles. The zero-order valence-corrected chi connectivity index (χ0v) is 13.1. The first kappa shape index (κ1) is 14.8. The van der Waals surface area contributed by atoms with Gasteiger partial charge in [-0.1, -0.05) is 12.1 Å². The summed E-state index contributed by atoms with van der Waals surface area (Å²) in [5.41, 5.74) is 2.46. The Labute approximate surface area is 126 Å². The van der Waals surface area contributed by atoms with Gasteiger partial charge in [-0.3, -0.25) is 4.90 Å². The van der Waals surface area contributed by atoms with Crippen molar-refractivity contribution in [3.8, 4) is 0 Å². The minimum absolute atomic E-state index is 0.0875. The normalized spacial score (nSPS) is 29.7. The van der Waals surface area contributed by atoms with Gasteiger partial charge in [0.15, 0.2) is 9.84 Å². The van der Waals surface area contributed by atoms with Crippen LogP contribution in [-0.4, -0.2) is 68.3 Å². The van der Waals surface area contributed by atoms with Crippen molar-refractivity contribution in [1.29, 1.82) is 0 Å². The van der Waals surface area contributed by atoms with Crippen molar-refractivity contribution in [2.45, 2.75) is 19.1 Å². The van der Waals surface area contributed by atoms with E-state index in [2.05, 4.69) is 41.0 Å². The van der Waals surface area contributed by atoms with Gasteiger partial charge in [-0.25, -0.2) is 8.42 Å². The molecule has 0 radical (unpaired) electrons. The van der Waals surface area contributed by atoms with Crippen molar-refractivity contribution >= 4 is 15.5 Å². The highest BCUT2D eigenvalue weighted by Gasteiger charge is 2.40. The average molecular weight is 310 g/mol. The number of hydrogen-bond donors (Lipinski definition) is 1. The molecule has 21 heavy (non-hydrogen) atoms. The van der Waals surface area contributed by atoms with Crippen LogP contribution in [0.2, 0.25) is 0 Å². The Morgan fingerprint density at radius 2 is 1.86 bits per heavy atom. The molecule has 5 nitrogen and oxygen atoms in total. The number of hydrogen-bond acceptors (Lipinski definition) is 5. The molecule has 0 bridgehead atoms. The molecule has 6 heteroatoms. The van der Waals surface area contributed by atoms with Crippen LogP contribution in [0.25, 0.3) is 0 Å². The molecule has 116 valence electrons. The predicted molar refractivity (Wildman–Crippen MR) is 83.4 cm³/mol. The highest BCUT2D eigenvalue weighted by atomic mass is 32.2. The molecule has 0 aliphatic carbocycles. The molecule has 1 aromatic carbocycles. The second kappa shape index (κ2) is 5.59. The van der Waals surface area contributed by atoms with E-state index in [1.165, 1.54) is 11.3 Å². The second-order valence-electron chi connectivity index (χ2n) is 6.07. The van der Waals surface area contributed by atoms with Crippen LogP contribution in [0.15, 0.2) is 24.3 Å². The van der Waals surface area contributed by atoms with Crippen molar-refractivity contribution in [3.63, 3.8) is 0 Å². The van der Waals surface area contributed by atoms with E-state index >= 15 is 0 Å². The van der Waals surface area contributed by atoms with Gasteiger partial charge in [-0.15, -0.1) is 0 Å². The summed E-state index contributed by atoms with van der Waals surface area (Å²) < 4.78 is 23.2. The van der Waals surface area contributed by atoms with Crippen LogP contribution in [-0.2, 0) is 9.84 Å². The zero-order chi connectivity index (χ0) is 15.0. The summed E-state index contributed by atoms with van der Waals surface area (Å²) in [6, 6.07) is 8.20. The minimum atomic E-state index is -3.07. The van der Waals surface area contributed by atoms with Crippen LogP contribution >= 0.6 is 0 Å². The van der Waals surface area contributed by atoms with Crippen LogP contribution in [0.4, 0.5) is 5.69 Å². The Balaban J connectivity index is 1.63. The fourth-order valence-electron chi connectivity index (χ4n) is 3.30. The third-order valence-corrected chi connectivity index (χ3v) is 6.14. The third kappa shape index (κ3) is 3.22. The molecule has 1 aromatic rings. The maximum Gasteiger partial charge on any atom is 0.154 e. The summed E-state index contributed by atoms with van der Waals surface area (Å²) in [5.74, 6) is 0.00831. The molecular weight excluding hydrogens is 288 g/mol. The number of aryl methyl sites for hydroxylation is 1. The van der Waals surface area contributed by atoms with E-state index < -0.39 is 15.9 Å². The lowest BCUT2D eigenvalue weighted by atomic mass is 10.1. The van der Waals surface area contributed by atoms with Gasteiger partial charge in [-0.2, -0.15) is 0 Å².